The summed E-state index contributed by atoms with van der Waals surface area (Å²) >= 11 is 0. The smallest absolute Gasteiger partial charge is 0.246 e. The molecule has 14 heavy (non-hydrogen) atoms. The van der Waals surface area contributed by atoms with E-state index < -0.39 is 0 Å². The highest BCUT2D eigenvalue weighted by Gasteiger charge is 2.32. The fraction of sp³-hybridized carbons (Fsp3) is 0.889. The summed E-state index contributed by atoms with van der Waals surface area (Å²) < 4.78 is 5.42. The van der Waals surface area contributed by atoms with Crippen molar-refractivity contribution in [3.05, 3.63) is 0 Å². The van der Waals surface area contributed by atoms with E-state index in [4.69, 9.17) is 9.84 Å². The van der Waals surface area contributed by atoms with Crippen molar-refractivity contribution in [2.24, 2.45) is 0 Å². The van der Waals surface area contributed by atoms with Crippen LogP contribution in [0, 0.1) is 0 Å². The minimum absolute atomic E-state index is 0.0510. The van der Waals surface area contributed by atoms with E-state index in [1.54, 1.807) is 6.92 Å². The molecule has 0 aromatic rings. The lowest BCUT2D eigenvalue weighted by atomic mass is 10.0. The zero-order chi connectivity index (χ0) is 10.6. The lowest BCUT2D eigenvalue weighted by Gasteiger charge is -2.38. The van der Waals surface area contributed by atoms with E-state index in [1.165, 1.54) is 0 Å². The second-order valence-corrected chi connectivity index (χ2v) is 3.99. The Balaban J connectivity index is 2.14. The van der Waals surface area contributed by atoms with Crippen LogP contribution < -0.4 is 10.6 Å². The van der Waals surface area contributed by atoms with Gasteiger partial charge in [-0.25, -0.2) is 0 Å². The molecule has 1 amide bonds. The summed E-state index contributed by atoms with van der Waals surface area (Å²) in [5, 5.41) is 14.4. The molecule has 3 N–H and O–H groups in total. The molecular formula is C9H18N2O3. The average Bonchev–Trinajstić information content (AvgIpc) is 2.11. The molecule has 0 aliphatic carbocycles. The lowest BCUT2D eigenvalue weighted by molar-refractivity contribution is -0.136. The van der Waals surface area contributed by atoms with Crippen LogP contribution in [0.5, 0.6) is 0 Å². The monoisotopic (exact) mass is 202 g/mol. The Bertz CT molecular complexity index is 204. The first-order chi connectivity index (χ1) is 6.56. The fourth-order valence-corrected chi connectivity index (χ4v) is 1.18. The van der Waals surface area contributed by atoms with Gasteiger partial charge >= 0.3 is 0 Å². The third-order valence-corrected chi connectivity index (χ3v) is 2.23. The van der Waals surface area contributed by atoms with Crippen LogP contribution in [0.4, 0.5) is 0 Å². The molecule has 0 aromatic carbocycles. The molecule has 0 bridgehead atoms. The molecule has 1 aliphatic rings. The lowest BCUT2D eigenvalue weighted by Crippen LogP contribution is -2.59. The number of aliphatic hydroxyl groups excluding tert-OH is 1. The van der Waals surface area contributed by atoms with Crippen molar-refractivity contribution in [1.82, 2.24) is 10.6 Å². The second-order valence-electron chi connectivity index (χ2n) is 3.99. The summed E-state index contributed by atoms with van der Waals surface area (Å²) in [7, 11) is 0. The van der Waals surface area contributed by atoms with Crippen molar-refractivity contribution >= 4 is 5.91 Å². The Hall–Kier alpha value is -0.650. The topological polar surface area (TPSA) is 70.6 Å². The minimum Gasteiger partial charge on any atom is -0.394 e. The van der Waals surface area contributed by atoms with Crippen molar-refractivity contribution < 1.29 is 14.6 Å². The first kappa shape index (κ1) is 11.4. The molecule has 1 saturated heterocycles. The summed E-state index contributed by atoms with van der Waals surface area (Å²) in [6.07, 6.45) is 0. The van der Waals surface area contributed by atoms with Gasteiger partial charge in [0.15, 0.2) is 0 Å². The van der Waals surface area contributed by atoms with Gasteiger partial charge in [0.2, 0.25) is 5.91 Å². The molecule has 1 atom stereocenters. The van der Waals surface area contributed by atoms with Crippen LogP contribution >= 0.6 is 0 Å². The van der Waals surface area contributed by atoms with Crippen LogP contribution in [-0.2, 0) is 9.53 Å². The maximum Gasteiger partial charge on any atom is 0.246 e. The molecule has 5 nitrogen and oxygen atoms in total. The van der Waals surface area contributed by atoms with E-state index in [1.807, 2.05) is 6.92 Å². The Morgan fingerprint density at radius 1 is 1.71 bits per heavy atom. The Morgan fingerprint density at radius 2 is 2.36 bits per heavy atom. The minimum atomic E-state index is -0.210. The van der Waals surface area contributed by atoms with Gasteiger partial charge in [0.05, 0.1) is 12.2 Å². The van der Waals surface area contributed by atoms with Crippen LogP contribution in [-0.4, -0.2) is 49.0 Å². The van der Waals surface area contributed by atoms with Crippen LogP contribution in [0.1, 0.15) is 13.8 Å². The fourth-order valence-electron chi connectivity index (χ4n) is 1.18. The third-order valence-electron chi connectivity index (χ3n) is 2.23. The highest BCUT2D eigenvalue weighted by Crippen LogP contribution is 2.14. The van der Waals surface area contributed by atoms with Crippen molar-refractivity contribution in [2.75, 3.05) is 26.3 Å². The van der Waals surface area contributed by atoms with Crippen molar-refractivity contribution in [3.63, 3.8) is 0 Å². The van der Waals surface area contributed by atoms with Gasteiger partial charge in [0, 0.05) is 19.1 Å². The summed E-state index contributed by atoms with van der Waals surface area (Å²) in [6.45, 7) is 5.29. The van der Waals surface area contributed by atoms with Crippen molar-refractivity contribution in [1.29, 1.82) is 0 Å². The first-order valence-corrected chi connectivity index (χ1v) is 4.81. The van der Waals surface area contributed by atoms with E-state index >= 15 is 0 Å². The molecule has 5 heteroatoms. The standard InChI is InChI=1S/C9H18N2O3/c1-7(3-12)11-8(13)4-14-9(2)5-10-6-9/h7,10,12H,3-6H2,1-2H3,(H,11,13). The van der Waals surface area contributed by atoms with Crippen molar-refractivity contribution in [2.45, 2.75) is 25.5 Å². The van der Waals surface area contributed by atoms with E-state index in [9.17, 15) is 4.79 Å². The zero-order valence-corrected chi connectivity index (χ0v) is 8.67. The normalized spacial score (nSPS) is 21.1. The van der Waals surface area contributed by atoms with E-state index in [0.29, 0.717) is 0 Å². The molecular weight excluding hydrogens is 184 g/mol. The molecule has 0 saturated carbocycles. The maximum atomic E-state index is 11.2. The molecule has 0 spiro atoms. The third kappa shape index (κ3) is 3.25. The highest BCUT2D eigenvalue weighted by atomic mass is 16.5. The summed E-state index contributed by atoms with van der Waals surface area (Å²) in [6, 6.07) is -0.210. The average molecular weight is 202 g/mol. The van der Waals surface area contributed by atoms with Crippen LogP contribution in [0.2, 0.25) is 0 Å². The van der Waals surface area contributed by atoms with Crippen LogP contribution in [0.3, 0.4) is 0 Å². The number of carbonyl (C=O) groups is 1. The van der Waals surface area contributed by atoms with Gasteiger partial charge in [0.1, 0.15) is 6.61 Å². The number of rotatable bonds is 5. The molecule has 1 unspecified atom stereocenters. The molecule has 0 aromatic heterocycles. The largest absolute Gasteiger partial charge is 0.394 e. The summed E-state index contributed by atoms with van der Waals surface area (Å²) in [5.74, 6) is -0.181. The number of aliphatic hydroxyl groups is 1. The number of amides is 1. The van der Waals surface area contributed by atoms with E-state index in [0.717, 1.165) is 13.1 Å². The molecule has 0 radical (unpaired) electrons. The number of ether oxygens (including phenoxy) is 1. The van der Waals surface area contributed by atoms with Gasteiger partial charge < -0.3 is 20.5 Å². The van der Waals surface area contributed by atoms with Gasteiger partial charge in [-0.3, -0.25) is 4.79 Å². The highest BCUT2D eigenvalue weighted by molar-refractivity contribution is 5.77. The predicted molar refractivity (Wildman–Crippen MR) is 51.9 cm³/mol. The number of hydrogen-bond acceptors (Lipinski definition) is 4. The van der Waals surface area contributed by atoms with Gasteiger partial charge in [-0.05, 0) is 13.8 Å². The molecule has 1 heterocycles. The second kappa shape index (κ2) is 4.72. The molecule has 1 rings (SSSR count). The first-order valence-electron chi connectivity index (χ1n) is 4.81. The SMILES string of the molecule is CC(CO)NC(=O)COC1(C)CNC1. The summed E-state index contributed by atoms with van der Waals surface area (Å²) in [5.41, 5.74) is -0.195. The summed E-state index contributed by atoms with van der Waals surface area (Å²) in [4.78, 5) is 11.2. The van der Waals surface area contributed by atoms with Gasteiger partial charge in [-0.2, -0.15) is 0 Å². The molecule has 1 aliphatic heterocycles. The van der Waals surface area contributed by atoms with E-state index in [2.05, 4.69) is 10.6 Å². The molecule has 82 valence electrons. The van der Waals surface area contributed by atoms with E-state index in [-0.39, 0.29) is 30.8 Å². The maximum absolute atomic E-state index is 11.2. The number of nitrogens with one attached hydrogen (secondary N) is 2. The van der Waals surface area contributed by atoms with Crippen molar-refractivity contribution in [3.8, 4) is 0 Å². The number of hydrogen-bond donors (Lipinski definition) is 3. The van der Waals surface area contributed by atoms with Gasteiger partial charge in [0.25, 0.3) is 0 Å². The van der Waals surface area contributed by atoms with Gasteiger partial charge in [-0.1, -0.05) is 0 Å². The predicted octanol–water partition coefficient (Wildman–Crippen LogP) is -1.14. The quantitative estimate of drug-likeness (QED) is 0.527. The zero-order valence-electron chi connectivity index (χ0n) is 8.67. The Morgan fingerprint density at radius 3 is 2.79 bits per heavy atom. The Labute approximate surface area is 83.8 Å². The van der Waals surface area contributed by atoms with Crippen LogP contribution in [0.15, 0.2) is 0 Å². The van der Waals surface area contributed by atoms with Crippen LogP contribution in [0.25, 0.3) is 0 Å². The Kier molecular flexibility index (Phi) is 3.86. The number of carbonyl (C=O) groups excluding carboxylic acids is 1. The van der Waals surface area contributed by atoms with Gasteiger partial charge in [-0.15, -0.1) is 0 Å². The molecule has 1 fully saturated rings.